The summed E-state index contributed by atoms with van der Waals surface area (Å²) in [7, 11) is 2.93. The van der Waals surface area contributed by atoms with E-state index in [-0.39, 0.29) is 30.5 Å². The molecule has 0 spiro atoms. The summed E-state index contributed by atoms with van der Waals surface area (Å²) in [5.74, 6) is -0.583. The molecule has 0 bridgehead atoms. The molecule has 0 aliphatic heterocycles. The molecule has 0 aromatic rings. The first-order valence-electron chi connectivity index (χ1n) is 7.54. The van der Waals surface area contributed by atoms with Gasteiger partial charge >= 0.3 is 5.97 Å². The largest absolute Gasteiger partial charge is 0.466 e. The second kappa shape index (κ2) is 10.5. The predicted octanol–water partition coefficient (Wildman–Crippen LogP) is 1.94. The molecule has 0 aliphatic carbocycles. The highest BCUT2D eigenvalue weighted by Crippen LogP contribution is 2.22. The first kappa shape index (κ1) is 20.8. The van der Waals surface area contributed by atoms with Gasteiger partial charge in [-0.2, -0.15) is 0 Å². The van der Waals surface area contributed by atoms with Gasteiger partial charge in [0.15, 0.2) is 0 Å². The molecule has 0 amide bonds. The highest BCUT2D eigenvalue weighted by molar-refractivity contribution is 5.81. The molecule has 0 aromatic heterocycles. The number of hydrogen-bond donors (Lipinski definition) is 2. The number of esters is 1. The monoisotopic (exact) mass is 314 g/mol. The maximum Gasteiger partial charge on any atom is 0.330 e. The second-order valence-corrected chi connectivity index (χ2v) is 5.82. The fourth-order valence-corrected chi connectivity index (χ4v) is 2.50. The summed E-state index contributed by atoms with van der Waals surface area (Å²) in [5, 5.41) is 19.6. The van der Waals surface area contributed by atoms with E-state index in [1.165, 1.54) is 13.2 Å². The van der Waals surface area contributed by atoms with Crippen molar-refractivity contribution in [1.29, 1.82) is 0 Å². The number of rotatable bonds is 9. The number of aliphatic hydroxyl groups is 2. The molecule has 0 aliphatic rings. The maximum atomic E-state index is 11.1. The molecule has 0 saturated carbocycles. The van der Waals surface area contributed by atoms with Crippen LogP contribution >= 0.6 is 0 Å². The number of carbonyl (C=O) groups is 1. The third-order valence-electron chi connectivity index (χ3n) is 3.87. The summed E-state index contributed by atoms with van der Waals surface area (Å²) in [6.07, 6.45) is 4.09. The Labute approximate surface area is 133 Å². The van der Waals surface area contributed by atoms with Gasteiger partial charge in [0.2, 0.25) is 0 Å². The quantitative estimate of drug-likeness (QED) is 0.386. The van der Waals surface area contributed by atoms with Crippen molar-refractivity contribution in [2.45, 2.75) is 39.9 Å². The van der Waals surface area contributed by atoms with Crippen LogP contribution in [0.25, 0.3) is 0 Å². The number of methoxy groups -OCH3 is 2. The van der Waals surface area contributed by atoms with Crippen molar-refractivity contribution in [3.05, 3.63) is 23.8 Å². The van der Waals surface area contributed by atoms with Gasteiger partial charge in [-0.3, -0.25) is 0 Å². The molecule has 0 rings (SSSR count). The number of ether oxygens (including phenoxy) is 2. The molecule has 0 fully saturated rings. The average Bonchev–Trinajstić information content (AvgIpc) is 2.51. The van der Waals surface area contributed by atoms with Gasteiger partial charge in [0.05, 0.1) is 19.3 Å². The Morgan fingerprint density at radius 3 is 2.23 bits per heavy atom. The zero-order valence-electron chi connectivity index (χ0n) is 14.4. The van der Waals surface area contributed by atoms with Crippen LogP contribution in [0.1, 0.15) is 27.7 Å². The van der Waals surface area contributed by atoms with Crippen LogP contribution in [0.4, 0.5) is 0 Å². The fraction of sp³-hybridized carbons (Fsp3) is 0.706. The van der Waals surface area contributed by atoms with Crippen molar-refractivity contribution in [1.82, 2.24) is 0 Å². The van der Waals surface area contributed by atoms with E-state index in [0.29, 0.717) is 0 Å². The van der Waals surface area contributed by atoms with E-state index < -0.39 is 12.1 Å². The fourth-order valence-electron chi connectivity index (χ4n) is 2.50. The van der Waals surface area contributed by atoms with E-state index in [0.717, 1.165) is 5.57 Å². The number of hydrogen-bond acceptors (Lipinski definition) is 5. The summed E-state index contributed by atoms with van der Waals surface area (Å²) in [4.78, 5) is 11.1. The van der Waals surface area contributed by atoms with Gasteiger partial charge in [-0.15, -0.1) is 0 Å². The minimum Gasteiger partial charge on any atom is -0.466 e. The Morgan fingerprint density at radius 1 is 1.18 bits per heavy atom. The van der Waals surface area contributed by atoms with Crippen LogP contribution in [0.15, 0.2) is 23.8 Å². The lowest BCUT2D eigenvalue weighted by molar-refractivity contribution is -0.134. The van der Waals surface area contributed by atoms with Gasteiger partial charge in [0.25, 0.3) is 0 Å². The molecular formula is C17H30O5. The third kappa shape index (κ3) is 6.73. The summed E-state index contributed by atoms with van der Waals surface area (Å²) >= 11 is 0. The van der Waals surface area contributed by atoms with E-state index in [1.807, 2.05) is 33.8 Å². The Kier molecular flexibility index (Phi) is 9.98. The Balaban J connectivity index is 4.87. The smallest absolute Gasteiger partial charge is 0.330 e. The average molecular weight is 314 g/mol. The summed E-state index contributed by atoms with van der Waals surface area (Å²) in [5.41, 5.74) is 0.807. The number of aliphatic hydroxyl groups excluding tert-OH is 2. The summed E-state index contributed by atoms with van der Waals surface area (Å²) in [6, 6.07) is 0. The van der Waals surface area contributed by atoms with Crippen LogP contribution in [-0.2, 0) is 14.3 Å². The SMILES string of the molecule is COC(=O)/C=C/[C@@H](C)[C@H](O)/C(C)=C/[C@H](C)[C@@H](OC)[C@@H](C)CO. The van der Waals surface area contributed by atoms with Crippen LogP contribution in [0, 0.1) is 17.8 Å². The van der Waals surface area contributed by atoms with E-state index in [2.05, 4.69) is 4.74 Å². The van der Waals surface area contributed by atoms with E-state index in [4.69, 9.17) is 4.74 Å². The molecule has 0 radical (unpaired) electrons. The van der Waals surface area contributed by atoms with Gasteiger partial charge in [0.1, 0.15) is 0 Å². The molecular weight excluding hydrogens is 284 g/mol. The van der Waals surface area contributed by atoms with Gasteiger partial charge < -0.3 is 19.7 Å². The molecule has 0 saturated heterocycles. The zero-order valence-corrected chi connectivity index (χ0v) is 14.4. The van der Waals surface area contributed by atoms with Gasteiger partial charge in [-0.25, -0.2) is 4.79 Å². The van der Waals surface area contributed by atoms with Crippen molar-refractivity contribution >= 4 is 5.97 Å². The molecule has 0 aromatic carbocycles. The lowest BCUT2D eigenvalue weighted by atomic mass is 9.89. The third-order valence-corrected chi connectivity index (χ3v) is 3.87. The van der Waals surface area contributed by atoms with Crippen LogP contribution in [0.5, 0.6) is 0 Å². The van der Waals surface area contributed by atoms with Crippen LogP contribution in [0.3, 0.4) is 0 Å². The molecule has 5 heteroatoms. The van der Waals surface area contributed by atoms with Crippen molar-refractivity contribution in [2.75, 3.05) is 20.8 Å². The first-order valence-corrected chi connectivity index (χ1v) is 7.54. The number of carbonyl (C=O) groups excluding carboxylic acids is 1. The topological polar surface area (TPSA) is 76.0 Å². The van der Waals surface area contributed by atoms with Gasteiger partial charge in [-0.05, 0) is 12.5 Å². The van der Waals surface area contributed by atoms with Crippen molar-refractivity contribution < 1.29 is 24.5 Å². The molecule has 22 heavy (non-hydrogen) atoms. The van der Waals surface area contributed by atoms with Crippen molar-refractivity contribution in [2.24, 2.45) is 17.8 Å². The molecule has 2 N–H and O–H groups in total. The molecule has 5 nitrogen and oxygen atoms in total. The van der Waals surface area contributed by atoms with Crippen LogP contribution in [-0.4, -0.2) is 49.2 Å². The predicted molar refractivity (Wildman–Crippen MR) is 86.3 cm³/mol. The Hall–Kier alpha value is -1.17. The lowest BCUT2D eigenvalue weighted by Gasteiger charge is -2.26. The lowest BCUT2D eigenvalue weighted by Crippen LogP contribution is -2.30. The summed E-state index contributed by atoms with van der Waals surface area (Å²) < 4.78 is 9.97. The summed E-state index contributed by atoms with van der Waals surface area (Å²) in [6.45, 7) is 7.64. The van der Waals surface area contributed by atoms with Gasteiger partial charge in [0, 0.05) is 37.5 Å². The van der Waals surface area contributed by atoms with E-state index in [1.54, 1.807) is 13.2 Å². The van der Waals surface area contributed by atoms with Crippen molar-refractivity contribution in [3.63, 3.8) is 0 Å². The molecule has 128 valence electrons. The standard InChI is InChI=1S/C17H30O5/c1-11(7-8-15(19)21-5)16(20)12(2)9-13(3)17(22-6)14(4)10-18/h7-9,11,13-14,16-18,20H,10H2,1-6H3/b8-7+,12-9+/t11-,13+,14+,16+,17-/m1/s1. The normalized spacial score (nSPS) is 19.5. The Bertz CT molecular complexity index is 389. The van der Waals surface area contributed by atoms with Crippen molar-refractivity contribution in [3.8, 4) is 0 Å². The van der Waals surface area contributed by atoms with Crippen LogP contribution < -0.4 is 0 Å². The molecule has 0 heterocycles. The minimum atomic E-state index is -0.690. The highest BCUT2D eigenvalue weighted by Gasteiger charge is 2.23. The van der Waals surface area contributed by atoms with Gasteiger partial charge in [-0.1, -0.05) is 32.9 Å². The second-order valence-electron chi connectivity index (χ2n) is 5.82. The highest BCUT2D eigenvalue weighted by atomic mass is 16.5. The first-order chi connectivity index (χ1) is 10.3. The maximum absolute atomic E-state index is 11.1. The minimum absolute atomic E-state index is 0.0119. The molecule has 5 atom stereocenters. The van der Waals surface area contributed by atoms with Crippen LogP contribution in [0.2, 0.25) is 0 Å². The zero-order chi connectivity index (χ0) is 17.3. The Morgan fingerprint density at radius 2 is 1.77 bits per heavy atom. The van der Waals surface area contributed by atoms with E-state index in [9.17, 15) is 15.0 Å². The van der Waals surface area contributed by atoms with E-state index >= 15 is 0 Å². The molecule has 0 unspecified atom stereocenters.